The SMILES string of the molecule is CC(C)CNC(=O)NC(=O)C(C)N1CCN(Cc2ccsc2)CC1. The molecule has 1 aliphatic heterocycles. The standard InChI is InChI=1S/C17H28N4O2S/c1-13(2)10-18-17(23)19-16(22)14(3)21-7-5-20(6-8-21)11-15-4-9-24-12-15/h4,9,12-14H,5-8,10-11H2,1-3H3,(H2,18,19,22,23). The van der Waals surface area contributed by atoms with Crippen LogP contribution in [0.3, 0.4) is 0 Å². The number of imide groups is 1. The van der Waals surface area contributed by atoms with E-state index in [2.05, 4.69) is 37.3 Å². The summed E-state index contributed by atoms with van der Waals surface area (Å²) in [4.78, 5) is 28.5. The summed E-state index contributed by atoms with van der Waals surface area (Å²) in [6.45, 7) is 11.0. The molecule has 1 aromatic heterocycles. The van der Waals surface area contributed by atoms with Gasteiger partial charge in [-0.3, -0.25) is 19.9 Å². The summed E-state index contributed by atoms with van der Waals surface area (Å²) >= 11 is 1.72. The van der Waals surface area contributed by atoms with Gasteiger partial charge in [-0.1, -0.05) is 13.8 Å². The van der Waals surface area contributed by atoms with Crippen LogP contribution in [0, 0.1) is 5.92 Å². The molecular formula is C17H28N4O2S. The highest BCUT2D eigenvalue weighted by Crippen LogP contribution is 2.13. The summed E-state index contributed by atoms with van der Waals surface area (Å²) in [5, 5.41) is 9.42. The van der Waals surface area contributed by atoms with E-state index in [0.717, 1.165) is 32.7 Å². The predicted molar refractivity (Wildman–Crippen MR) is 97.0 cm³/mol. The van der Waals surface area contributed by atoms with Crippen molar-refractivity contribution in [1.82, 2.24) is 20.4 Å². The van der Waals surface area contributed by atoms with E-state index >= 15 is 0 Å². The fourth-order valence-corrected chi connectivity index (χ4v) is 3.33. The lowest BCUT2D eigenvalue weighted by molar-refractivity contribution is -0.125. The number of piperazine rings is 1. The van der Waals surface area contributed by atoms with Gasteiger partial charge < -0.3 is 5.32 Å². The zero-order chi connectivity index (χ0) is 17.5. The van der Waals surface area contributed by atoms with Gasteiger partial charge in [-0.05, 0) is 35.2 Å². The van der Waals surface area contributed by atoms with Gasteiger partial charge in [0.05, 0.1) is 6.04 Å². The third kappa shape index (κ3) is 5.89. The summed E-state index contributed by atoms with van der Waals surface area (Å²) in [5.41, 5.74) is 1.35. The van der Waals surface area contributed by atoms with Gasteiger partial charge in [-0.2, -0.15) is 11.3 Å². The lowest BCUT2D eigenvalue weighted by atomic mass is 10.2. The molecule has 1 aromatic rings. The average Bonchev–Trinajstić information content (AvgIpc) is 3.06. The van der Waals surface area contributed by atoms with Crippen LogP contribution in [0.2, 0.25) is 0 Å². The number of carbonyl (C=O) groups excluding carboxylic acids is 2. The number of nitrogens with one attached hydrogen (secondary N) is 2. The van der Waals surface area contributed by atoms with Crippen molar-refractivity contribution in [2.75, 3.05) is 32.7 Å². The molecule has 1 aliphatic rings. The minimum absolute atomic E-state index is 0.234. The number of hydrogen-bond acceptors (Lipinski definition) is 5. The number of hydrogen-bond donors (Lipinski definition) is 2. The fraction of sp³-hybridized carbons (Fsp3) is 0.647. The first-order valence-electron chi connectivity index (χ1n) is 8.52. The molecular weight excluding hydrogens is 324 g/mol. The number of amides is 3. The van der Waals surface area contributed by atoms with Crippen LogP contribution in [0.25, 0.3) is 0 Å². The molecule has 1 atom stereocenters. The Labute approximate surface area is 148 Å². The highest BCUT2D eigenvalue weighted by molar-refractivity contribution is 7.07. The number of carbonyl (C=O) groups is 2. The topological polar surface area (TPSA) is 64.7 Å². The number of nitrogens with zero attached hydrogens (tertiary/aromatic N) is 2. The van der Waals surface area contributed by atoms with Gasteiger partial charge >= 0.3 is 6.03 Å². The Morgan fingerprint density at radius 3 is 2.50 bits per heavy atom. The van der Waals surface area contributed by atoms with Crippen molar-refractivity contribution in [3.05, 3.63) is 22.4 Å². The number of thiophene rings is 1. The van der Waals surface area contributed by atoms with Gasteiger partial charge in [0.25, 0.3) is 0 Å². The molecule has 3 amide bonds. The zero-order valence-electron chi connectivity index (χ0n) is 14.7. The van der Waals surface area contributed by atoms with Gasteiger partial charge in [0.15, 0.2) is 0 Å². The Balaban J connectivity index is 1.72. The first-order chi connectivity index (χ1) is 11.5. The molecule has 0 aliphatic carbocycles. The maximum Gasteiger partial charge on any atom is 0.321 e. The Kier molecular flexibility index (Phi) is 7.20. The van der Waals surface area contributed by atoms with E-state index in [-0.39, 0.29) is 11.9 Å². The van der Waals surface area contributed by atoms with E-state index in [9.17, 15) is 9.59 Å². The Morgan fingerprint density at radius 2 is 1.92 bits per heavy atom. The Morgan fingerprint density at radius 1 is 1.21 bits per heavy atom. The third-order valence-corrected chi connectivity index (χ3v) is 4.96. The summed E-state index contributed by atoms with van der Waals surface area (Å²) in [5.74, 6) is 0.127. The minimum Gasteiger partial charge on any atom is -0.338 e. The molecule has 0 radical (unpaired) electrons. The molecule has 2 heterocycles. The highest BCUT2D eigenvalue weighted by atomic mass is 32.1. The van der Waals surface area contributed by atoms with Gasteiger partial charge in [0, 0.05) is 39.3 Å². The molecule has 2 N–H and O–H groups in total. The Bertz CT molecular complexity index is 525. The van der Waals surface area contributed by atoms with Crippen molar-refractivity contribution >= 4 is 23.3 Å². The van der Waals surface area contributed by atoms with Crippen molar-refractivity contribution in [3.8, 4) is 0 Å². The van der Waals surface area contributed by atoms with Crippen LogP contribution >= 0.6 is 11.3 Å². The second-order valence-electron chi connectivity index (χ2n) is 6.71. The lowest BCUT2D eigenvalue weighted by Gasteiger charge is -2.37. The molecule has 1 saturated heterocycles. The average molecular weight is 353 g/mol. The molecule has 0 saturated carbocycles. The maximum absolute atomic E-state index is 12.2. The zero-order valence-corrected chi connectivity index (χ0v) is 15.6. The maximum atomic E-state index is 12.2. The summed E-state index contributed by atoms with van der Waals surface area (Å²) in [6.07, 6.45) is 0. The van der Waals surface area contributed by atoms with Crippen LogP contribution in [0.15, 0.2) is 16.8 Å². The minimum atomic E-state index is -0.406. The smallest absolute Gasteiger partial charge is 0.321 e. The quantitative estimate of drug-likeness (QED) is 0.818. The van der Waals surface area contributed by atoms with E-state index in [1.54, 1.807) is 11.3 Å². The summed E-state index contributed by atoms with van der Waals surface area (Å²) in [6, 6.07) is 1.46. The summed E-state index contributed by atoms with van der Waals surface area (Å²) in [7, 11) is 0. The molecule has 6 nitrogen and oxygen atoms in total. The first-order valence-corrected chi connectivity index (χ1v) is 9.46. The Hall–Kier alpha value is -1.44. The van der Waals surface area contributed by atoms with E-state index in [1.807, 2.05) is 20.8 Å². The van der Waals surface area contributed by atoms with Crippen molar-refractivity contribution in [3.63, 3.8) is 0 Å². The molecule has 0 bridgehead atoms. The summed E-state index contributed by atoms with van der Waals surface area (Å²) < 4.78 is 0. The van der Waals surface area contributed by atoms with Crippen LogP contribution < -0.4 is 10.6 Å². The predicted octanol–water partition coefficient (Wildman–Crippen LogP) is 1.74. The van der Waals surface area contributed by atoms with Crippen molar-refractivity contribution < 1.29 is 9.59 Å². The van der Waals surface area contributed by atoms with Gasteiger partial charge in [0.1, 0.15) is 0 Å². The van der Waals surface area contributed by atoms with Crippen LogP contribution in [-0.2, 0) is 11.3 Å². The number of urea groups is 1. The van der Waals surface area contributed by atoms with Crippen LogP contribution in [-0.4, -0.2) is 60.5 Å². The van der Waals surface area contributed by atoms with E-state index in [1.165, 1.54) is 5.56 Å². The van der Waals surface area contributed by atoms with Crippen molar-refractivity contribution in [1.29, 1.82) is 0 Å². The molecule has 2 rings (SSSR count). The van der Waals surface area contributed by atoms with Crippen LogP contribution in [0.4, 0.5) is 4.79 Å². The second-order valence-corrected chi connectivity index (χ2v) is 7.49. The van der Waals surface area contributed by atoms with E-state index in [0.29, 0.717) is 12.5 Å². The molecule has 7 heteroatoms. The molecule has 1 fully saturated rings. The highest BCUT2D eigenvalue weighted by Gasteiger charge is 2.26. The van der Waals surface area contributed by atoms with Crippen molar-refractivity contribution in [2.45, 2.75) is 33.4 Å². The van der Waals surface area contributed by atoms with Gasteiger partial charge in [0.2, 0.25) is 5.91 Å². The van der Waals surface area contributed by atoms with Crippen molar-refractivity contribution in [2.24, 2.45) is 5.92 Å². The molecule has 1 unspecified atom stereocenters. The van der Waals surface area contributed by atoms with Crippen LogP contribution in [0.5, 0.6) is 0 Å². The third-order valence-electron chi connectivity index (χ3n) is 4.23. The number of rotatable bonds is 6. The second kappa shape index (κ2) is 9.15. The van der Waals surface area contributed by atoms with Gasteiger partial charge in [-0.15, -0.1) is 0 Å². The van der Waals surface area contributed by atoms with E-state index in [4.69, 9.17) is 0 Å². The van der Waals surface area contributed by atoms with Crippen LogP contribution in [0.1, 0.15) is 26.3 Å². The lowest BCUT2D eigenvalue weighted by Crippen LogP contribution is -2.55. The monoisotopic (exact) mass is 352 g/mol. The fourth-order valence-electron chi connectivity index (χ4n) is 2.67. The molecule has 134 valence electrons. The van der Waals surface area contributed by atoms with E-state index < -0.39 is 6.03 Å². The normalized spacial score (nSPS) is 17.7. The molecule has 0 aromatic carbocycles. The van der Waals surface area contributed by atoms with Gasteiger partial charge in [-0.25, -0.2) is 4.79 Å². The molecule has 0 spiro atoms. The first kappa shape index (κ1) is 18.9. The molecule has 24 heavy (non-hydrogen) atoms. The largest absolute Gasteiger partial charge is 0.338 e.